The summed E-state index contributed by atoms with van der Waals surface area (Å²) in [4.78, 5) is 13.9. The number of nitrogens with zero attached hydrogens (tertiary/aromatic N) is 3. The van der Waals surface area contributed by atoms with Crippen LogP contribution in [0.1, 0.15) is 18.5 Å². The maximum Gasteiger partial charge on any atom is 0.235 e. The van der Waals surface area contributed by atoms with Crippen molar-refractivity contribution in [1.29, 1.82) is 0 Å². The molecule has 1 fully saturated rings. The zero-order chi connectivity index (χ0) is 8.60. The Labute approximate surface area is 69.9 Å². The molecule has 1 aliphatic carbocycles. The number of carbonyl (C=O) groups excluding carboxylic acids is 1. The van der Waals surface area contributed by atoms with Crippen LogP contribution >= 0.6 is 0 Å². The van der Waals surface area contributed by atoms with Gasteiger partial charge in [0.1, 0.15) is 5.54 Å². The summed E-state index contributed by atoms with van der Waals surface area (Å²) in [5.41, 5.74) is 0.566. The van der Waals surface area contributed by atoms with Crippen molar-refractivity contribution in [3.63, 3.8) is 0 Å². The van der Waals surface area contributed by atoms with Gasteiger partial charge in [-0.05, 0) is 18.9 Å². The molecule has 0 bridgehead atoms. The molecule has 1 aliphatic rings. The third-order valence-corrected chi connectivity index (χ3v) is 2.17. The number of hydrogen-bond acceptors (Lipinski definition) is 3. The highest BCUT2D eigenvalue weighted by Gasteiger charge is 2.46. The smallest absolute Gasteiger partial charge is 0.235 e. The molecule has 0 unspecified atom stereocenters. The molecule has 0 spiro atoms. The molecule has 0 aromatic carbocycles. The van der Waals surface area contributed by atoms with Crippen LogP contribution in [0.3, 0.4) is 0 Å². The average molecular weight is 163 g/mol. The minimum Gasteiger partial charge on any atom is -0.275 e. The third kappa shape index (κ3) is 0.970. The van der Waals surface area contributed by atoms with Gasteiger partial charge >= 0.3 is 0 Å². The van der Waals surface area contributed by atoms with Gasteiger partial charge in [0, 0.05) is 13.2 Å². The predicted molar refractivity (Wildman–Crippen MR) is 42.2 cm³/mol. The second-order valence-corrected chi connectivity index (χ2v) is 3.11. The van der Waals surface area contributed by atoms with Crippen molar-refractivity contribution in [3.05, 3.63) is 18.0 Å². The summed E-state index contributed by atoms with van der Waals surface area (Å²) in [6, 6.07) is 1.90. The summed E-state index contributed by atoms with van der Waals surface area (Å²) in [6.07, 6.45) is 5.29. The SMILES string of the molecule is Cn1ccc(C2(N=C=O)CC2)n1. The largest absolute Gasteiger partial charge is 0.275 e. The van der Waals surface area contributed by atoms with Gasteiger partial charge < -0.3 is 0 Å². The third-order valence-electron chi connectivity index (χ3n) is 2.17. The van der Waals surface area contributed by atoms with Crippen LogP contribution in [-0.2, 0) is 17.4 Å². The zero-order valence-electron chi connectivity index (χ0n) is 6.82. The number of isocyanates is 1. The van der Waals surface area contributed by atoms with E-state index in [1.807, 2.05) is 19.3 Å². The summed E-state index contributed by atoms with van der Waals surface area (Å²) in [5.74, 6) is 0. The maximum absolute atomic E-state index is 10.1. The van der Waals surface area contributed by atoms with Gasteiger partial charge in [0.25, 0.3) is 0 Å². The number of hydrogen-bond donors (Lipinski definition) is 0. The summed E-state index contributed by atoms with van der Waals surface area (Å²) in [7, 11) is 1.85. The van der Waals surface area contributed by atoms with Crippen molar-refractivity contribution >= 4 is 6.08 Å². The van der Waals surface area contributed by atoms with Gasteiger partial charge in [-0.1, -0.05) is 0 Å². The van der Waals surface area contributed by atoms with E-state index in [1.165, 1.54) is 0 Å². The van der Waals surface area contributed by atoms with Crippen LogP contribution in [0.2, 0.25) is 0 Å². The highest BCUT2D eigenvalue weighted by Crippen LogP contribution is 2.48. The van der Waals surface area contributed by atoms with Gasteiger partial charge in [0.2, 0.25) is 6.08 Å². The number of rotatable bonds is 2. The van der Waals surface area contributed by atoms with Crippen LogP contribution in [0.4, 0.5) is 0 Å². The van der Waals surface area contributed by atoms with Gasteiger partial charge in [0.05, 0.1) is 5.69 Å². The molecule has 1 heterocycles. The van der Waals surface area contributed by atoms with E-state index < -0.39 is 0 Å². The summed E-state index contributed by atoms with van der Waals surface area (Å²) >= 11 is 0. The Morgan fingerprint density at radius 2 is 2.50 bits per heavy atom. The van der Waals surface area contributed by atoms with E-state index in [0.29, 0.717) is 0 Å². The molecule has 1 saturated carbocycles. The molecule has 0 N–H and O–H groups in total. The molecule has 0 atom stereocenters. The molecule has 4 nitrogen and oxygen atoms in total. The predicted octanol–water partition coefficient (Wildman–Crippen LogP) is 0.745. The van der Waals surface area contributed by atoms with Crippen molar-refractivity contribution in [3.8, 4) is 0 Å². The topological polar surface area (TPSA) is 47.2 Å². The zero-order valence-corrected chi connectivity index (χ0v) is 6.82. The summed E-state index contributed by atoms with van der Waals surface area (Å²) < 4.78 is 1.72. The van der Waals surface area contributed by atoms with Gasteiger partial charge in [0.15, 0.2) is 0 Å². The monoisotopic (exact) mass is 163 g/mol. The lowest BCUT2D eigenvalue weighted by molar-refractivity contribution is 0.553. The molecule has 1 aromatic heterocycles. The standard InChI is InChI=1S/C8H9N3O/c1-11-5-2-7(10-11)8(3-4-8)9-6-12/h2,5H,3-4H2,1H3. The highest BCUT2D eigenvalue weighted by atomic mass is 16.1. The van der Waals surface area contributed by atoms with E-state index in [0.717, 1.165) is 18.5 Å². The van der Waals surface area contributed by atoms with E-state index in [9.17, 15) is 4.79 Å². The molecular formula is C8H9N3O. The quantitative estimate of drug-likeness (QED) is 0.477. The van der Waals surface area contributed by atoms with Crippen LogP contribution in [-0.4, -0.2) is 15.9 Å². The number of aromatic nitrogens is 2. The maximum atomic E-state index is 10.1. The Morgan fingerprint density at radius 3 is 2.92 bits per heavy atom. The van der Waals surface area contributed by atoms with Crippen LogP contribution < -0.4 is 0 Å². The minimum atomic E-state index is -0.316. The molecule has 0 saturated heterocycles. The van der Waals surface area contributed by atoms with Gasteiger partial charge in [-0.2, -0.15) is 10.1 Å². The fourth-order valence-electron chi connectivity index (χ4n) is 1.29. The lowest BCUT2D eigenvalue weighted by Crippen LogP contribution is -2.04. The molecule has 4 heteroatoms. The number of aliphatic imine (C=N–C) groups is 1. The first kappa shape index (κ1) is 7.25. The second kappa shape index (κ2) is 2.29. The average Bonchev–Trinajstić information content (AvgIpc) is 2.69. The van der Waals surface area contributed by atoms with Gasteiger partial charge in [-0.25, -0.2) is 4.79 Å². The van der Waals surface area contributed by atoms with E-state index >= 15 is 0 Å². The van der Waals surface area contributed by atoms with Crippen LogP contribution in [0.15, 0.2) is 17.3 Å². The molecule has 0 radical (unpaired) electrons. The minimum absolute atomic E-state index is 0.316. The fraction of sp³-hybridized carbons (Fsp3) is 0.500. The van der Waals surface area contributed by atoms with Crippen LogP contribution in [0.25, 0.3) is 0 Å². The van der Waals surface area contributed by atoms with E-state index in [1.54, 1.807) is 10.8 Å². The fourth-order valence-corrected chi connectivity index (χ4v) is 1.29. The lowest BCUT2D eigenvalue weighted by atomic mass is 10.2. The van der Waals surface area contributed by atoms with Crippen molar-refractivity contribution in [2.45, 2.75) is 18.4 Å². The first-order valence-electron chi connectivity index (χ1n) is 3.86. The molecular weight excluding hydrogens is 154 g/mol. The summed E-state index contributed by atoms with van der Waals surface area (Å²) in [6.45, 7) is 0. The van der Waals surface area contributed by atoms with Crippen LogP contribution in [0.5, 0.6) is 0 Å². The van der Waals surface area contributed by atoms with Crippen molar-refractivity contribution in [1.82, 2.24) is 9.78 Å². The Morgan fingerprint density at radius 1 is 1.75 bits per heavy atom. The van der Waals surface area contributed by atoms with Gasteiger partial charge in [-0.15, -0.1) is 0 Å². The molecule has 62 valence electrons. The first-order chi connectivity index (χ1) is 5.77. The second-order valence-electron chi connectivity index (χ2n) is 3.11. The molecule has 1 aromatic rings. The van der Waals surface area contributed by atoms with Crippen molar-refractivity contribution in [2.75, 3.05) is 0 Å². The van der Waals surface area contributed by atoms with Crippen molar-refractivity contribution in [2.24, 2.45) is 12.0 Å². The van der Waals surface area contributed by atoms with E-state index in [-0.39, 0.29) is 5.54 Å². The Bertz CT molecular complexity index is 345. The Kier molecular flexibility index (Phi) is 1.38. The Balaban J connectivity index is 2.36. The molecule has 2 rings (SSSR count). The van der Waals surface area contributed by atoms with Crippen molar-refractivity contribution < 1.29 is 4.79 Å². The Hall–Kier alpha value is -1.41. The first-order valence-corrected chi connectivity index (χ1v) is 3.86. The summed E-state index contributed by atoms with van der Waals surface area (Å²) in [5, 5.41) is 4.21. The van der Waals surface area contributed by atoms with E-state index in [2.05, 4.69) is 10.1 Å². The normalized spacial score (nSPS) is 18.4. The molecule has 0 amide bonds. The number of aryl methyl sites for hydroxylation is 1. The van der Waals surface area contributed by atoms with E-state index in [4.69, 9.17) is 0 Å². The highest BCUT2D eigenvalue weighted by molar-refractivity contribution is 5.39. The molecule has 0 aliphatic heterocycles. The lowest BCUT2D eigenvalue weighted by Gasteiger charge is -2.00. The van der Waals surface area contributed by atoms with Gasteiger partial charge in [-0.3, -0.25) is 4.68 Å². The molecule has 12 heavy (non-hydrogen) atoms. The van der Waals surface area contributed by atoms with Crippen LogP contribution in [0, 0.1) is 0 Å².